The largest absolute Gasteiger partial charge is 0.348 e. The van der Waals surface area contributed by atoms with Gasteiger partial charge in [-0.25, -0.2) is 12.7 Å². The zero-order valence-corrected chi connectivity index (χ0v) is 14.6. The van der Waals surface area contributed by atoms with E-state index in [2.05, 4.69) is 10.4 Å². The Morgan fingerprint density at radius 3 is 2.67 bits per heavy atom. The van der Waals surface area contributed by atoms with Gasteiger partial charge in [0.1, 0.15) is 0 Å². The average Bonchev–Trinajstić information content (AvgIpc) is 2.96. The molecule has 24 heavy (non-hydrogen) atoms. The molecule has 1 aromatic heterocycles. The van der Waals surface area contributed by atoms with Crippen LogP contribution in [0, 0.1) is 0 Å². The van der Waals surface area contributed by atoms with Crippen molar-refractivity contribution >= 4 is 22.0 Å². The van der Waals surface area contributed by atoms with E-state index < -0.39 is 10.0 Å². The summed E-state index contributed by atoms with van der Waals surface area (Å²) in [7, 11) is 1.18. The number of nitrogens with one attached hydrogen (secondary N) is 1. The highest BCUT2D eigenvalue weighted by atomic mass is 32.2. The van der Waals surface area contributed by atoms with Gasteiger partial charge < -0.3 is 5.32 Å². The summed E-state index contributed by atoms with van der Waals surface area (Å²) in [6.07, 6.45) is 6.45. The predicted molar refractivity (Wildman–Crippen MR) is 91.4 cm³/mol. The molecule has 0 fully saturated rings. The van der Waals surface area contributed by atoms with Gasteiger partial charge in [0.25, 0.3) is 0 Å². The molecule has 0 aliphatic heterocycles. The Labute approximate surface area is 141 Å². The molecule has 0 unspecified atom stereocenters. The molecule has 0 spiro atoms. The van der Waals surface area contributed by atoms with Crippen molar-refractivity contribution in [3.63, 3.8) is 0 Å². The second kappa shape index (κ2) is 7.41. The first-order chi connectivity index (χ1) is 11.3. The van der Waals surface area contributed by atoms with E-state index in [9.17, 15) is 13.2 Å². The maximum Gasteiger partial charge on any atom is 0.244 e. The molecule has 8 heteroatoms. The Hall–Kier alpha value is -2.45. The fourth-order valence-corrected chi connectivity index (χ4v) is 3.15. The van der Waals surface area contributed by atoms with E-state index >= 15 is 0 Å². The van der Waals surface area contributed by atoms with E-state index in [1.807, 2.05) is 0 Å². The molecule has 0 saturated carbocycles. The van der Waals surface area contributed by atoms with Crippen molar-refractivity contribution in [1.29, 1.82) is 0 Å². The highest BCUT2D eigenvalue weighted by Crippen LogP contribution is 2.18. The number of benzene rings is 1. The Bertz CT molecular complexity index is 854. The minimum Gasteiger partial charge on any atom is -0.348 e. The van der Waals surface area contributed by atoms with Crippen molar-refractivity contribution in [1.82, 2.24) is 19.4 Å². The summed E-state index contributed by atoms with van der Waals surface area (Å²) >= 11 is 0. The third-order valence-corrected chi connectivity index (χ3v) is 5.25. The summed E-state index contributed by atoms with van der Waals surface area (Å²) in [5.74, 6) is -0.309. The number of carbonyl (C=O) groups excluding carboxylic acids is 1. The van der Waals surface area contributed by atoms with Crippen molar-refractivity contribution in [3.05, 3.63) is 53.9 Å². The van der Waals surface area contributed by atoms with Gasteiger partial charge in [0, 0.05) is 45.5 Å². The monoisotopic (exact) mass is 348 g/mol. The van der Waals surface area contributed by atoms with Gasteiger partial charge in [-0.05, 0) is 17.7 Å². The van der Waals surface area contributed by atoms with Crippen molar-refractivity contribution in [2.24, 2.45) is 7.05 Å². The van der Waals surface area contributed by atoms with Gasteiger partial charge in [0.15, 0.2) is 0 Å². The smallest absolute Gasteiger partial charge is 0.244 e. The van der Waals surface area contributed by atoms with Gasteiger partial charge in [-0.15, -0.1) is 0 Å². The predicted octanol–water partition coefficient (Wildman–Crippen LogP) is 1.00. The van der Waals surface area contributed by atoms with Crippen LogP contribution in [0.1, 0.15) is 11.1 Å². The molecule has 128 valence electrons. The Balaban J connectivity index is 2.07. The van der Waals surface area contributed by atoms with Crippen LogP contribution in [0.5, 0.6) is 0 Å². The number of aryl methyl sites for hydroxylation is 1. The molecule has 0 aliphatic carbocycles. The van der Waals surface area contributed by atoms with E-state index in [0.717, 1.165) is 9.87 Å². The van der Waals surface area contributed by atoms with Crippen LogP contribution in [0.15, 0.2) is 47.6 Å². The van der Waals surface area contributed by atoms with Crippen LogP contribution in [0.25, 0.3) is 6.08 Å². The molecule has 2 aromatic rings. The zero-order valence-electron chi connectivity index (χ0n) is 13.8. The molecular weight excluding hydrogens is 328 g/mol. The number of hydrogen-bond donors (Lipinski definition) is 1. The number of carbonyl (C=O) groups is 1. The topological polar surface area (TPSA) is 84.3 Å². The van der Waals surface area contributed by atoms with Crippen molar-refractivity contribution in [2.45, 2.75) is 11.4 Å². The number of sulfonamides is 1. The Morgan fingerprint density at radius 1 is 1.33 bits per heavy atom. The molecule has 0 saturated heterocycles. The van der Waals surface area contributed by atoms with Crippen molar-refractivity contribution in [2.75, 3.05) is 14.1 Å². The molecule has 1 aromatic carbocycles. The second-order valence-electron chi connectivity index (χ2n) is 5.39. The second-order valence-corrected chi connectivity index (χ2v) is 7.51. The quantitative estimate of drug-likeness (QED) is 0.790. The van der Waals surface area contributed by atoms with E-state index in [1.54, 1.807) is 48.4 Å². The molecule has 1 N–H and O–H groups in total. The van der Waals surface area contributed by atoms with Gasteiger partial charge in [0.05, 0.1) is 11.1 Å². The molecule has 0 bridgehead atoms. The van der Waals surface area contributed by atoms with Gasteiger partial charge in [-0.2, -0.15) is 5.10 Å². The average molecular weight is 348 g/mol. The maximum atomic E-state index is 12.3. The van der Waals surface area contributed by atoms with Crippen LogP contribution in [-0.2, 0) is 28.4 Å². The standard InChI is InChI=1S/C16H20N4O3S/c1-19(2)24(22,23)15-7-5-4-6-14(15)11-17-16(21)9-8-13-10-18-20(3)12-13/h4-10,12H,11H2,1-3H3,(H,17,21)/b9-8+. The summed E-state index contributed by atoms with van der Waals surface area (Å²) in [6, 6.07) is 6.61. The van der Waals surface area contributed by atoms with Crippen LogP contribution >= 0.6 is 0 Å². The zero-order chi connectivity index (χ0) is 17.7. The molecule has 7 nitrogen and oxygen atoms in total. The maximum absolute atomic E-state index is 12.3. The molecule has 0 aliphatic rings. The highest BCUT2D eigenvalue weighted by molar-refractivity contribution is 7.89. The van der Waals surface area contributed by atoms with Crippen molar-refractivity contribution in [3.8, 4) is 0 Å². The van der Waals surface area contributed by atoms with Crippen LogP contribution in [-0.4, -0.2) is 42.5 Å². The Morgan fingerprint density at radius 2 is 2.04 bits per heavy atom. The minimum atomic E-state index is -3.55. The lowest BCUT2D eigenvalue weighted by atomic mass is 10.2. The normalized spacial score (nSPS) is 12.0. The van der Waals surface area contributed by atoms with Crippen molar-refractivity contribution < 1.29 is 13.2 Å². The first-order valence-corrected chi connectivity index (χ1v) is 8.69. The number of rotatable bonds is 6. The summed E-state index contributed by atoms with van der Waals surface area (Å²) < 4.78 is 27.4. The SMILES string of the molecule is CN(C)S(=O)(=O)c1ccccc1CNC(=O)/C=C/c1cnn(C)c1. The summed E-state index contributed by atoms with van der Waals surface area (Å²) in [4.78, 5) is 12.1. The number of aromatic nitrogens is 2. The number of nitrogens with zero attached hydrogens (tertiary/aromatic N) is 3. The van der Waals surface area contributed by atoms with Crippen LogP contribution < -0.4 is 5.32 Å². The van der Waals surface area contributed by atoms with Gasteiger partial charge in [-0.3, -0.25) is 9.48 Å². The lowest BCUT2D eigenvalue weighted by Crippen LogP contribution is -2.26. The first kappa shape index (κ1) is 17.9. The van der Waals surface area contributed by atoms with Gasteiger partial charge in [-0.1, -0.05) is 18.2 Å². The Kier molecular flexibility index (Phi) is 5.53. The van der Waals surface area contributed by atoms with Gasteiger partial charge in [0.2, 0.25) is 15.9 Å². The third kappa shape index (κ3) is 4.30. The van der Waals surface area contributed by atoms with Crippen LogP contribution in [0.4, 0.5) is 0 Å². The van der Waals surface area contributed by atoms with E-state index in [-0.39, 0.29) is 17.3 Å². The lowest BCUT2D eigenvalue weighted by molar-refractivity contribution is -0.116. The fourth-order valence-electron chi connectivity index (χ4n) is 2.04. The third-order valence-electron chi connectivity index (χ3n) is 3.34. The first-order valence-electron chi connectivity index (χ1n) is 7.25. The van der Waals surface area contributed by atoms with E-state index in [4.69, 9.17) is 0 Å². The molecule has 1 heterocycles. The molecule has 0 radical (unpaired) electrons. The fraction of sp³-hybridized carbons (Fsp3) is 0.250. The summed E-state index contributed by atoms with van der Waals surface area (Å²) in [5, 5.41) is 6.70. The number of hydrogen-bond acceptors (Lipinski definition) is 4. The number of amides is 1. The summed E-state index contributed by atoms with van der Waals surface area (Å²) in [6.45, 7) is 0.124. The van der Waals surface area contributed by atoms with Gasteiger partial charge >= 0.3 is 0 Å². The van der Waals surface area contributed by atoms with Crippen LogP contribution in [0.3, 0.4) is 0 Å². The van der Waals surface area contributed by atoms with Crippen LogP contribution in [0.2, 0.25) is 0 Å². The van der Waals surface area contributed by atoms with E-state index in [0.29, 0.717) is 5.56 Å². The minimum absolute atomic E-state index is 0.124. The lowest BCUT2D eigenvalue weighted by Gasteiger charge is -2.15. The molecular formula is C16H20N4O3S. The highest BCUT2D eigenvalue weighted by Gasteiger charge is 2.20. The van der Waals surface area contributed by atoms with E-state index in [1.165, 1.54) is 26.2 Å². The molecule has 1 amide bonds. The molecule has 0 atom stereocenters. The summed E-state index contributed by atoms with van der Waals surface area (Å²) in [5.41, 5.74) is 1.34. The molecule has 2 rings (SSSR count).